The summed E-state index contributed by atoms with van der Waals surface area (Å²) in [6.45, 7) is 2.26. The van der Waals surface area contributed by atoms with Gasteiger partial charge in [0.2, 0.25) is 0 Å². The Balaban J connectivity index is 2.99. The molecule has 0 aliphatic carbocycles. The van der Waals surface area contributed by atoms with Crippen molar-refractivity contribution < 1.29 is 0 Å². The summed E-state index contributed by atoms with van der Waals surface area (Å²) < 4.78 is 0. The molecule has 0 radical (unpaired) electrons. The van der Waals surface area contributed by atoms with Crippen LogP contribution < -0.4 is 0 Å². The van der Waals surface area contributed by atoms with E-state index < -0.39 is 6.00 Å². The molecule has 0 bridgehead atoms. The highest BCUT2D eigenvalue weighted by Gasteiger charge is 2.23. The van der Waals surface area contributed by atoms with Crippen molar-refractivity contribution in [3.8, 4) is 0 Å². The van der Waals surface area contributed by atoms with E-state index in [0.717, 1.165) is 12.5 Å². The molecule has 0 nitrogen and oxygen atoms in total. The molecule has 0 saturated heterocycles. The minimum absolute atomic E-state index is 0.828. The normalized spacial score (nSPS) is 12.0. The summed E-state index contributed by atoms with van der Waals surface area (Å²) in [5.41, 5.74) is 0. The van der Waals surface area contributed by atoms with Crippen LogP contribution >= 0.6 is 33.2 Å². The first kappa shape index (κ1) is 17.1. The lowest BCUT2D eigenvalue weighted by atomic mass is 10.1. The van der Waals surface area contributed by atoms with Crippen LogP contribution in [0.4, 0.5) is 0 Å². The third-order valence-electron chi connectivity index (χ3n) is 2.81. The molecule has 0 aromatic rings. The average molecular weight is 304 g/mol. The Kier molecular flexibility index (Phi) is 12.0. The van der Waals surface area contributed by atoms with Crippen LogP contribution in [0.1, 0.15) is 71.1 Å². The fourth-order valence-electron chi connectivity index (χ4n) is 1.81. The van der Waals surface area contributed by atoms with E-state index in [9.17, 15) is 0 Å². The van der Waals surface area contributed by atoms with Crippen LogP contribution in [0.15, 0.2) is 0 Å². The Hall–Kier alpha value is 1.09. The standard InChI is InChI=1S/C12H25Cl3Si/c1-2-3-4-5-6-7-8-9-10-11-12-16(13,14)15/h2-12H2,1H3. The third kappa shape index (κ3) is 15.1. The number of rotatable bonds is 11. The maximum Gasteiger partial charge on any atom is 0.341 e. The van der Waals surface area contributed by atoms with Gasteiger partial charge < -0.3 is 0 Å². The highest BCUT2D eigenvalue weighted by Crippen LogP contribution is 2.27. The van der Waals surface area contributed by atoms with E-state index in [1.807, 2.05) is 0 Å². The number of unbranched alkanes of at least 4 members (excludes halogenated alkanes) is 9. The van der Waals surface area contributed by atoms with E-state index >= 15 is 0 Å². The van der Waals surface area contributed by atoms with Gasteiger partial charge in [-0.25, -0.2) is 0 Å². The SMILES string of the molecule is CCCCCCCCCCCC[Si](Cl)(Cl)Cl. The Bertz CT molecular complexity index is 146. The Labute approximate surface area is 116 Å². The van der Waals surface area contributed by atoms with Crippen LogP contribution in [0.3, 0.4) is 0 Å². The van der Waals surface area contributed by atoms with E-state index in [0.29, 0.717) is 0 Å². The Morgan fingerprint density at radius 3 is 1.38 bits per heavy atom. The molecule has 0 atom stereocenters. The zero-order chi connectivity index (χ0) is 12.3. The van der Waals surface area contributed by atoms with Crippen LogP contribution in [-0.2, 0) is 0 Å². The summed E-state index contributed by atoms with van der Waals surface area (Å²) in [6, 6.07) is -1.50. The van der Waals surface area contributed by atoms with Gasteiger partial charge in [-0.15, -0.1) is 33.2 Å². The molecule has 0 N–H and O–H groups in total. The molecule has 0 rings (SSSR count). The van der Waals surface area contributed by atoms with Crippen LogP contribution in [0.5, 0.6) is 0 Å². The zero-order valence-electron chi connectivity index (χ0n) is 10.4. The first-order valence-electron chi connectivity index (χ1n) is 6.63. The van der Waals surface area contributed by atoms with Crippen LogP contribution in [0.25, 0.3) is 0 Å². The molecule has 0 aromatic heterocycles. The summed E-state index contributed by atoms with van der Waals surface area (Å²) in [7, 11) is 0. The molecule has 0 amide bonds. The minimum Gasteiger partial charge on any atom is -0.126 e. The lowest BCUT2D eigenvalue weighted by Crippen LogP contribution is -2.07. The fourth-order valence-corrected chi connectivity index (χ4v) is 3.67. The lowest BCUT2D eigenvalue weighted by molar-refractivity contribution is 0.562. The van der Waals surface area contributed by atoms with Crippen LogP contribution in [0, 0.1) is 0 Å². The fraction of sp³-hybridized carbons (Fsp3) is 1.00. The van der Waals surface area contributed by atoms with Crippen molar-refractivity contribution in [1.29, 1.82) is 0 Å². The Morgan fingerprint density at radius 1 is 0.625 bits per heavy atom. The van der Waals surface area contributed by atoms with Crippen molar-refractivity contribution in [2.45, 2.75) is 77.2 Å². The highest BCUT2D eigenvalue weighted by molar-refractivity contribution is 7.64. The summed E-state index contributed by atoms with van der Waals surface area (Å²) >= 11 is 17.4. The molecule has 0 spiro atoms. The van der Waals surface area contributed by atoms with E-state index in [1.165, 1.54) is 57.8 Å². The second-order valence-electron chi connectivity index (χ2n) is 4.55. The van der Waals surface area contributed by atoms with E-state index in [1.54, 1.807) is 0 Å². The van der Waals surface area contributed by atoms with Gasteiger partial charge in [-0.2, -0.15) is 0 Å². The summed E-state index contributed by atoms with van der Waals surface area (Å²) in [5, 5.41) is 0. The van der Waals surface area contributed by atoms with Gasteiger partial charge in [-0.05, 0) is 6.04 Å². The second kappa shape index (κ2) is 11.2. The van der Waals surface area contributed by atoms with Crippen molar-refractivity contribution in [2.75, 3.05) is 0 Å². The number of halogens is 3. The Morgan fingerprint density at radius 2 is 1.00 bits per heavy atom. The molecule has 0 aliphatic rings. The van der Waals surface area contributed by atoms with Gasteiger partial charge in [0, 0.05) is 0 Å². The third-order valence-corrected chi connectivity index (χ3v) is 5.44. The summed E-state index contributed by atoms with van der Waals surface area (Å²) in [5.74, 6) is 0. The maximum atomic E-state index is 5.81. The second-order valence-corrected chi connectivity index (χ2v) is 13.8. The summed E-state index contributed by atoms with van der Waals surface area (Å²) in [6.07, 6.45) is 13.3. The minimum atomic E-state index is -2.33. The van der Waals surface area contributed by atoms with Gasteiger partial charge in [-0.3, -0.25) is 0 Å². The topological polar surface area (TPSA) is 0 Å². The smallest absolute Gasteiger partial charge is 0.126 e. The molecule has 0 fully saturated rings. The molecular weight excluding hydrogens is 279 g/mol. The van der Waals surface area contributed by atoms with Crippen molar-refractivity contribution in [3.05, 3.63) is 0 Å². The zero-order valence-corrected chi connectivity index (χ0v) is 13.7. The van der Waals surface area contributed by atoms with Gasteiger partial charge in [0.05, 0.1) is 0 Å². The first-order valence-corrected chi connectivity index (χ1v) is 11.9. The summed E-state index contributed by atoms with van der Waals surface area (Å²) in [4.78, 5) is 0. The van der Waals surface area contributed by atoms with Crippen LogP contribution in [-0.4, -0.2) is 6.00 Å². The van der Waals surface area contributed by atoms with Gasteiger partial charge in [0.1, 0.15) is 0 Å². The lowest BCUT2D eigenvalue weighted by Gasteiger charge is -2.06. The molecule has 0 saturated carbocycles. The highest BCUT2D eigenvalue weighted by atomic mass is 35.8. The number of hydrogen-bond donors (Lipinski definition) is 0. The van der Waals surface area contributed by atoms with Crippen molar-refractivity contribution in [3.63, 3.8) is 0 Å². The molecule has 0 unspecified atom stereocenters. The van der Waals surface area contributed by atoms with Gasteiger partial charge in [-0.1, -0.05) is 71.1 Å². The van der Waals surface area contributed by atoms with Crippen molar-refractivity contribution in [2.24, 2.45) is 0 Å². The quantitative estimate of drug-likeness (QED) is 0.230. The molecule has 98 valence electrons. The van der Waals surface area contributed by atoms with Crippen molar-refractivity contribution in [1.82, 2.24) is 0 Å². The van der Waals surface area contributed by atoms with Crippen molar-refractivity contribution >= 4 is 39.2 Å². The molecule has 0 aliphatic heterocycles. The first-order chi connectivity index (χ1) is 7.56. The number of hydrogen-bond acceptors (Lipinski definition) is 0. The van der Waals surface area contributed by atoms with E-state index in [-0.39, 0.29) is 0 Å². The maximum absolute atomic E-state index is 5.81. The predicted octanol–water partition coefficient (Wildman–Crippen LogP) is 6.56. The predicted molar refractivity (Wildman–Crippen MR) is 80.0 cm³/mol. The molecule has 16 heavy (non-hydrogen) atoms. The van der Waals surface area contributed by atoms with Crippen LogP contribution in [0.2, 0.25) is 6.04 Å². The molecule has 0 heterocycles. The van der Waals surface area contributed by atoms with E-state index in [4.69, 9.17) is 33.2 Å². The van der Waals surface area contributed by atoms with Gasteiger partial charge in [0.25, 0.3) is 0 Å². The van der Waals surface area contributed by atoms with Gasteiger partial charge >= 0.3 is 6.00 Å². The molecule has 4 heteroatoms. The largest absolute Gasteiger partial charge is 0.341 e. The average Bonchev–Trinajstić information content (AvgIpc) is 2.19. The van der Waals surface area contributed by atoms with Gasteiger partial charge in [0.15, 0.2) is 0 Å². The van der Waals surface area contributed by atoms with E-state index in [2.05, 4.69) is 6.92 Å². The monoisotopic (exact) mass is 302 g/mol. The molecular formula is C12H25Cl3Si. The molecule has 0 aromatic carbocycles.